The molecule has 0 saturated carbocycles. The van der Waals surface area contributed by atoms with E-state index < -0.39 is 0 Å². The van der Waals surface area contributed by atoms with Crippen LogP contribution in [-0.4, -0.2) is 10.8 Å². The SMILES string of the molecule is O=C(Cc1ccco1)c1ccncc1. The lowest BCUT2D eigenvalue weighted by Gasteiger charge is -1.96. The van der Waals surface area contributed by atoms with Crippen molar-refractivity contribution in [2.75, 3.05) is 0 Å². The molecule has 14 heavy (non-hydrogen) atoms. The summed E-state index contributed by atoms with van der Waals surface area (Å²) in [7, 11) is 0. The smallest absolute Gasteiger partial charge is 0.170 e. The second kappa shape index (κ2) is 3.87. The van der Waals surface area contributed by atoms with Gasteiger partial charge in [0.05, 0.1) is 12.7 Å². The largest absolute Gasteiger partial charge is 0.469 e. The molecule has 0 aromatic carbocycles. The molecule has 2 aromatic rings. The van der Waals surface area contributed by atoms with E-state index in [1.165, 1.54) is 0 Å². The fourth-order valence-electron chi connectivity index (χ4n) is 1.21. The Bertz CT molecular complexity index is 406. The molecule has 2 rings (SSSR count). The summed E-state index contributed by atoms with van der Waals surface area (Å²) in [4.78, 5) is 15.5. The molecule has 0 amide bonds. The van der Waals surface area contributed by atoms with Gasteiger partial charge < -0.3 is 4.42 Å². The van der Waals surface area contributed by atoms with Gasteiger partial charge in [0.25, 0.3) is 0 Å². The zero-order chi connectivity index (χ0) is 9.80. The molecule has 0 N–H and O–H groups in total. The Morgan fingerprint density at radius 3 is 2.71 bits per heavy atom. The summed E-state index contributed by atoms with van der Waals surface area (Å²) in [5.41, 5.74) is 0.663. The van der Waals surface area contributed by atoms with Gasteiger partial charge in [0, 0.05) is 18.0 Å². The second-order valence-electron chi connectivity index (χ2n) is 2.92. The van der Waals surface area contributed by atoms with Gasteiger partial charge in [0.1, 0.15) is 5.76 Å². The topological polar surface area (TPSA) is 43.1 Å². The zero-order valence-corrected chi connectivity index (χ0v) is 7.51. The van der Waals surface area contributed by atoms with E-state index in [-0.39, 0.29) is 5.78 Å². The van der Waals surface area contributed by atoms with Crippen LogP contribution in [0, 0.1) is 0 Å². The lowest BCUT2D eigenvalue weighted by Crippen LogP contribution is -2.02. The Morgan fingerprint density at radius 1 is 1.29 bits per heavy atom. The monoisotopic (exact) mass is 187 g/mol. The van der Waals surface area contributed by atoms with Crippen LogP contribution in [0.4, 0.5) is 0 Å². The predicted molar refractivity (Wildman–Crippen MR) is 51.0 cm³/mol. The molecular weight excluding hydrogens is 178 g/mol. The molecule has 0 bridgehead atoms. The maximum atomic E-state index is 11.6. The third-order valence-corrected chi connectivity index (χ3v) is 1.92. The predicted octanol–water partition coefficient (Wildman–Crippen LogP) is 2.10. The summed E-state index contributed by atoms with van der Waals surface area (Å²) in [6, 6.07) is 6.96. The van der Waals surface area contributed by atoms with Gasteiger partial charge in [-0.1, -0.05) is 0 Å². The fourth-order valence-corrected chi connectivity index (χ4v) is 1.21. The van der Waals surface area contributed by atoms with Crippen LogP contribution >= 0.6 is 0 Å². The van der Waals surface area contributed by atoms with Gasteiger partial charge in [-0.15, -0.1) is 0 Å². The number of pyridine rings is 1. The first-order valence-electron chi connectivity index (χ1n) is 4.32. The molecule has 0 atom stereocenters. The number of hydrogen-bond donors (Lipinski definition) is 0. The number of carbonyl (C=O) groups excluding carboxylic acids is 1. The summed E-state index contributed by atoms with van der Waals surface area (Å²) in [5, 5.41) is 0. The molecule has 3 heteroatoms. The molecule has 2 heterocycles. The molecule has 2 aromatic heterocycles. The van der Waals surface area contributed by atoms with Crippen molar-refractivity contribution in [2.24, 2.45) is 0 Å². The van der Waals surface area contributed by atoms with Crippen LogP contribution in [0.15, 0.2) is 47.3 Å². The fraction of sp³-hybridized carbons (Fsp3) is 0.0909. The minimum absolute atomic E-state index is 0.0438. The lowest BCUT2D eigenvalue weighted by molar-refractivity contribution is 0.0987. The molecule has 3 nitrogen and oxygen atoms in total. The molecule has 0 aliphatic heterocycles. The number of hydrogen-bond acceptors (Lipinski definition) is 3. The zero-order valence-electron chi connectivity index (χ0n) is 7.51. The summed E-state index contributed by atoms with van der Waals surface area (Å²) in [6.07, 6.45) is 5.08. The van der Waals surface area contributed by atoms with Gasteiger partial charge in [-0.05, 0) is 24.3 Å². The normalized spacial score (nSPS) is 10.0. The molecule has 0 unspecified atom stereocenters. The van der Waals surface area contributed by atoms with Gasteiger partial charge in [-0.2, -0.15) is 0 Å². The van der Waals surface area contributed by atoms with E-state index in [0.29, 0.717) is 17.7 Å². The number of nitrogens with zero attached hydrogens (tertiary/aromatic N) is 1. The highest BCUT2D eigenvalue weighted by Gasteiger charge is 2.07. The number of Topliss-reactive ketones (excluding diaryl/α,β-unsaturated/α-hetero) is 1. The minimum atomic E-state index is 0.0438. The van der Waals surface area contributed by atoms with Crippen molar-refractivity contribution in [3.8, 4) is 0 Å². The van der Waals surface area contributed by atoms with Crippen molar-refractivity contribution in [2.45, 2.75) is 6.42 Å². The summed E-state index contributed by atoms with van der Waals surface area (Å²) in [6.45, 7) is 0. The number of carbonyl (C=O) groups is 1. The standard InChI is InChI=1S/C11H9NO2/c13-11(8-10-2-1-7-14-10)9-3-5-12-6-4-9/h1-7H,8H2. The molecule has 0 fully saturated rings. The van der Waals surface area contributed by atoms with E-state index in [0.717, 1.165) is 0 Å². The second-order valence-corrected chi connectivity index (χ2v) is 2.92. The summed E-state index contributed by atoms with van der Waals surface area (Å²) < 4.78 is 5.09. The quantitative estimate of drug-likeness (QED) is 0.691. The van der Waals surface area contributed by atoms with Gasteiger partial charge in [-0.25, -0.2) is 0 Å². The third-order valence-electron chi connectivity index (χ3n) is 1.92. The van der Waals surface area contributed by atoms with Crippen LogP contribution in [0.1, 0.15) is 16.1 Å². The Kier molecular flexibility index (Phi) is 2.40. The third kappa shape index (κ3) is 1.88. The Hall–Kier alpha value is -1.90. The number of rotatable bonds is 3. The molecule has 0 spiro atoms. The first kappa shape index (κ1) is 8.69. The Labute approximate surface area is 81.4 Å². The molecule has 0 radical (unpaired) electrons. The van der Waals surface area contributed by atoms with E-state index in [2.05, 4.69) is 4.98 Å². The van der Waals surface area contributed by atoms with E-state index in [1.54, 1.807) is 42.9 Å². The molecule has 70 valence electrons. The summed E-state index contributed by atoms with van der Waals surface area (Å²) in [5.74, 6) is 0.731. The molecular formula is C11H9NO2. The maximum Gasteiger partial charge on any atom is 0.170 e. The van der Waals surface area contributed by atoms with E-state index in [9.17, 15) is 4.79 Å². The van der Waals surface area contributed by atoms with Crippen LogP contribution in [0.3, 0.4) is 0 Å². The first-order valence-corrected chi connectivity index (χ1v) is 4.32. The molecule has 0 aliphatic rings. The van der Waals surface area contributed by atoms with Crippen LogP contribution in [0.2, 0.25) is 0 Å². The Morgan fingerprint density at radius 2 is 2.07 bits per heavy atom. The average molecular weight is 187 g/mol. The van der Waals surface area contributed by atoms with Crippen molar-refractivity contribution < 1.29 is 9.21 Å². The van der Waals surface area contributed by atoms with Gasteiger partial charge >= 0.3 is 0 Å². The van der Waals surface area contributed by atoms with Crippen LogP contribution in [0.25, 0.3) is 0 Å². The van der Waals surface area contributed by atoms with Crippen LogP contribution in [0.5, 0.6) is 0 Å². The van der Waals surface area contributed by atoms with Crippen molar-refractivity contribution in [3.05, 3.63) is 54.2 Å². The van der Waals surface area contributed by atoms with Gasteiger partial charge in [0.2, 0.25) is 0 Å². The van der Waals surface area contributed by atoms with Crippen LogP contribution < -0.4 is 0 Å². The van der Waals surface area contributed by atoms with Crippen molar-refractivity contribution in [1.82, 2.24) is 4.98 Å². The number of furan rings is 1. The van der Waals surface area contributed by atoms with E-state index >= 15 is 0 Å². The highest BCUT2D eigenvalue weighted by Crippen LogP contribution is 2.06. The first-order chi connectivity index (χ1) is 6.86. The summed E-state index contributed by atoms with van der Waals surface area (Å²) >= 11 is 0. The van der Waals surface area contributed by atoms with Gasteiger partial charge in [-0.3, -0.25) is 9.78 Å². The average Bonchev–Trinajstić information content (AvgIpc) is 2.72. The maximum absolute atomic E-state index is 11.6. The number of aromatic nitrogens is 1. The van der Waals surface area contributed by atoms with E-state index in [1.807, 2.05) is 0 Å². The molecule has 0 saturated heterocycles. The van der Waals surface area contributed by atoms with Gasteiger partial charge in [0.15, 0.2) is 5.78 Å². The van der Waals surface area contributed by atoms with E-state index in [4.69, 9.17) is 4.42 Å². The number of ketones is 1. The Balaban J connectivity index is 2.11. The molecule has 0 aliphatic carbocycles. The van der Waals surface area contributed by atoms with Crippen molar-refractivity contribution >= 4 is 5.78 Å². The highest BCUT2D eigenvalue weighted by atomic mass is 16.3. The highest BCUT2D eigenvalue weighted by molar-refractivity contribution is 5.97. The minimum Gasteiger partial charge on any atom is -0.469 e. The van der Waals surface area contributed by atoms with Crippen LogP contribution in [-0.2, 0) is 6.42 Å². The lowest BCUT2D eigenvalue weighted by atomic mass is 10.1. The van der Waals surface area contributed by atoms with Crippen molar-refractivity contribution in [1.29, 1.82) is 0 Å². The van der Waals surface area contributed by atoms with Crippen molar-refractivity contribution in [3.63, 3.8) is 0 Å².